The first-order valence-electron chi connectivity index (χ1n) is 7.34. The standard InChI is InChI=1S/C18H22N2O2/c1-12-6-4-9-17(13(12)2)14(3)19-15-7-5-8-16(10-15)20-18(22)11-21/h4-10,14,19,21H,11H2,1-3H3,(H,20,22). The van der Waals surface area contributed by atoms with Gasteiger partial charge < -0.3 is 15.7 Å². The van der Waals surface area contributed by atoms with Crippen LogP contribution in [-0.4, -0.2) is 17.6 Å². The molecule has 1 amide bonds. The van der Waals surface area contributed by atoms with Gasteiger partial charge >= 0.3 is 0 Å². The second-order valence-electron chi connectivity index (χ2n) is 5.44. The maximum absolute atomic E-state index is 11.2. The van der Waals surface area contributed by atoms with Gasteiger partial charge in [-0.1, -0.05) is 24.3 Å². The fraction of sp³-hybridized carbons (Fsp3) is 0.278. The van der Waals surface area contributed by atoms with Crippen LogP contribution < -0.4 is 10.6 Å². The number of hydrogen-bond acceptors (Lipinski definition) is 3. The average Bonchev–Trinajstić information content (AvgIpc) is 2.50. The summed E-state index contributed by atoms with van der Waals surface area (Å²) >= 11 is 0. The highest BCUT2D eigenvalue weighted by atomic mass is 16.3. The van der Waals surface area contributed by atoms with Crippen molar-refractivity contribution in [2.75, 3.05) is 17.2 Å². The lowest BCUT2D eigenvalue weighted by molar-refractivity contribution is -0.118. The summed E-state index contributed by atoms with van der Waals surface area (Å²) in [5.74, 6) is -0.417. The minimum absolute atomic E-state index is 0.156. The van der Waals surface area contributed by atoms with E-state index in [1.54, 1.807) is 6.07 Å². The summed E-state index contributed by atoms with van der Waals surface area (Å²) in [6, 6.07) is 13.9. The van der Waals surface area contributed by atoms with E-state index in [1.165, 1.54) is 16.7 Å². The first kappa shape index (κ1) is 16.0. The van der Waals surface area contributed by atoms with Crippen molar-refractivity contribution in [2.24, 2.45) is 0 Å². The lowest BCUT2D eigenvalue weighted by Crippen LogP contribution is -2.15. The summed E-state index contributed by atoms with van der Waals surface area (Å²) < 4.78 is 0. The van der Waals surface area contributed by atoms with E-state index in [4.69, 9.17) is 5.11 Å². The van der Waals surface area contributed by atoms with Crippen LogP contribution in [0.1, 0.15) is 29.7 Å². The van der Waals surface area contributed by atoms with Gasteiger partial charge in [0.1, 0.15) is 6.61 Å². The highest BCUT2D eigenvalue weighted by Crippen LogP contribution is 2.25. The zero-order chi connectivity index (χ0) is 16.1. The topological polar surface area (TPSA) is 61.4 Å². The molecule has 2 aromatic rings. The van der Waals surface area contributed by atoms with Gasteiger partial charge in [-0.15, -0.1) is 0 Å². The van der Waals surface area contributed by atoms with Gasteiger partial charge in [-0.3, -0.25) is 4.79 Å². The smallest absolute Gasteiger partial charge is 0.250 e. The van der Waals surface area contributed by atoms with Gasteiger partial charge in [-0.25, -0.2) is 0 Å². The molecule has 0 aromatic heterocycles. The second kappa shape index (κ2) is 7.09. The number of aliphatic hydroxyl groups excluding tert-OH is 1. The minimum atomic E-state index is -0.517. The number of anilines is 2. The predicted molar refractivity (Wildman–Crippen MR) is 90.1 cm³/mol. The normalized spacial score (nSPS) is 11.8. The molecule has 0 aliphatic rings. The third kappa shape index (κ3) is 3.86. The van der Waals surface area contributed by atoms with Gasteiger partial charge in [0, 0.05) is 17.4 Å². The highest BCUT2D eigenvalue weighted by Gasteiger charge is 2.10. The van der Waals surface area contributed by atoms with Gasteiger partial charge in [0.05, 0.1) is 0 Å². The molecule has 0 bridgehead atoms. The summed E-state index contributed by atoms with van der Waals surface area (Å²) in [5.41, 5.74) is 5.40. The Morgan fingerprint density at radius 3 is 2.55 bits per heavy atom. The maximum atomic E-state index is 11.2. The van der Waals surface area contributed by atoms with Crippen LogP contribution in [0.4, 0.5) is 11.4 Å². The minimum Gasteiger partial charge on any atom is -0.387 e. The first-order chi connectivity index (χ1) is 10.5. The van der Waals surface area contributed by atoms with E-state index in [-0.39, 0.29) is 6.04 Å². The number of hydrogen-bond donors (Lipinski definition) is 3. The van der Waals surface area contributed by atoms with Crippen molar-refractivity contribution < 1.29 is 9.90 Å². The van der Waals surface area contributed by atoms with E-state index in [1.807, 2.05) is 18.2 Å². The largest absolute Gasteiger partial charge is 0.387 e. The Hall–Kier alpha value is -2.33. The average molecular weight is 298 g/mol. The molecule has 0 saturated heterocycles. The Kier molecular flexibility index (Phi) is 5.17. The van der Waals surface area contributed by atoms with Crippen LogP contribution in [-0.2, 0) is 4.79 Å². The number of benzene rings is 2. The van der Waals surface area contributed by atoms with Crippen LogP contribution in [0, 0.1) is 13.8 Å². The van der Waals surface area contributed by atoms with E-state index < -0.39 is 12.5 Å². The Morgan fingerprint density at radius 2 is 1.82 bits per heavy atom. The molecule has 4 heteroatoms. The van der Waals surface area contributed by atoms with Crippen molar-refractivity contribution in [3.05, 3.63) is 59.2 Å². The molecule has 0 saturated carbocycles. The molecular formula is C18H22N2O2. The molecule has 0 radical (unpaired) electrons. The Balaban J connectivity index is 2.14. The fourth-order valence-electron chi connectivity index (χ4n) is 2.46. The Bertz CT molecular complexity index is 668. The van der Waals surface area contributed by atoms with Crippen molar-refractivity contribution in [1.29, 1.82) is 0 Å². The van der Waals surface area contributed by atoms with Gasteiger partial charge in [0.2, 0.25) is 5.91 Å². The van der Waals surface area contributed by atoms with Crippen molar-refractivity contribution in [3.63, 3.8) is 0 Å². The maximum Gasteiger partial charge on any atom is 0.250 e. The molecule has 0 aliphatic heterocycles. The summed E-state index contributed by atoms with van der Waals surface area (Å²) in [6.07, 6.45) is 0. The molecule has 0 fully saturated rings. The summed E-state index contributed by atoms with van der Waals surface area (Å²) in [4.78, 5) is 11.2. The molecule has 0 aliphatic carbocycles. The number of nitrogens with one attached hydrogen (secondary N) is 2. The molecule has 1 atom stereocenters. The SMILES string of the molecule is Cc1cccc(C(C)Nc2cccc(NC(=O)CO)c2)c1C. The lowest BCUT2D eigenvalue weighted by atomic mass is 9.98. The van der Waals surface area contributed by atoms with Gasteiger partial charge in [0.25, 0.3) is 0 Å². The van der Waals surface area contributed by atoms with E-state index in [9.17, 15) is 4.79 Å². The van der Waals surface area contributed by atoms with Crippen LogP contribution in [0.25, 0.3) is 0 Å². The number of carbonyl (C=O) groups is 1. The molecule has 2 aromatic carbocycles. The summed E-state index contributed by atoms with van der Waals surface area (Å²) in [7, 11) is 0. The van der Waals surface area contributed by atoms with E-state index in [0.29, 0.717) is 5.69 Å². The second-order valence-corrected chi connectivity index (χ2v) is 5.44. The van der Waals surface area contributed by atoms with E-state index >= 15 is 0 Å². The van der Waals surface area contributed by atoms with Gasteiger partial charge in [0.15, 0.2) is 0 Å². The Labute approximate surface area is 131 Å². The summed E-state index contributed by atoms with van der Waals surface area (Å²) in [5, 5.41) is 14.9. The fourth-order valence-corrected chi connectivity index (χ4v) is 2.46. The molecule has 2 rings (SSSR count). The van der Waals surface area contributed by atoms with Crippen molar-refractivity contribution >= 4 is 17.3 Å². The molecule has 0 spiro atoms. The van der Waals surface area contributed by atoms with E-state index in [0.717, 1.165) is 5.69 Å². The molecule has 116 valence electrons. The van der Waals surface area contributed by atoms with Crippen LogP contribution in [0.15, 0.2) is 42.5 Å². The zero-order valence-corrected chi connectivity index (χ0v) is 13.2. The molecular weight excluding hydrogens is 276 g/mol. The third-order valence-electron chi connectivity index (χ3n) is 3.79. The van der Waals surface area contributed by atoms with Gasteiger partial charge in [-0.05, 0) is 55.7 Å². The quantitative estimate of drug-likeness (QED) is 0.792. The van der Waals surface area contributed by atoms with Crippen molar-refractivity contribution in [3.8, 4) is 0 Å². The summed E-state index contributed by atoms with van der Waals surface area (Å²) in [6.45, 7) is 5.83. The molecule has 22 heavy (non-hydrogen) atoms. The molecule has 3 N–H and O–H groups in total. The highest BCUT2D eigenvalue weighted by molar-refractivity contribution is 5.91. The Morgan fingerprint density at radius 1 is 1.14 bits per heavy atom. The van der Waals surface area contributed by atoms with Crippen LogP contribution >= 0.6 is 0 Å². The molecule has 1 unspecified atom stereocenters. The number of aryl methyl sites for hydroxylation is 1. The third-order valence-corrected chi connectivity index (χ3v) is 3.79. The van der Waals surface area contributed by atoms with Crippen molar-refractivity contribution in [1.82, 2.24) is 0 Å². The van der Waals surface area contributed by atoms with E-state index in [2.05, 4.69) is 49.6 Å². The molecule has 4 nitrogen and oxygen atoms in total. The van der Waals surface area contributed by atoms with Gasteiger partial charge in [-0.2, -0.15) is 0 Å². The zero-order valence-electron chi connectivity index (χ0n) is 13.2. The lowest BCUT2D eigenvalue weighted by Gasteiger charge is -2.19. The number of carbonyl (C=O) groups excluding carboxylic acids is 1. The number of amides is 1. The first-order valence-corrected chi connectivity index (χ1v) is 7.34. The number of aliphatic hydroxyl groups is 1. The molecule has 0 heterocycles. The predicted octanol–water partition coefficient (Wildman–Crippen LogP) is 3.41. The van der Waals surface area contributed by atoms with Crippen LogP contribution in [0.2, 0.25) is 0 Å². The van der Waals surface area contributed by atoms with Crippen molar-refractivity contribution in [2.45, 2.75) is 26.8 Å². The monoisotopic (exact) mass is 298 g/mol. The van der Waals surface area contributed by atoms with Crippen LogP contribution in [0.3, 0.4) is 0 Å². The number of rotatable bonds is 5. The van der Waals surface area contributed by atoms with Crippen LogP contribution in [0.5, 0.6) is 0 Å².